The fourth-order valence-corrected chi connectivity index (χ4v) is 0. The molecule has 0 aromatic carbocycles. The van der Waals surface area contributed by atoms with Crippen molar-refractivity contribution in [2.24, 2.45) is 5.41 Å². The maximum absolute atomic E-state index is 2.42. The summed E-state index contributed by atoms with van der Waals surface area (Å²) in [5, 5.41) is 0. The first-order valence-corrected chi connectivity index (χ1v) is 4.29. The number of hydrogen-bond donors (Lipinski definition) is 0. The summed E-state index contributed by atoms with van der Waals surface area (Å²) < 4.78 is 0. The van der Waals surface area contributed by atoms with E-state index in [-0.39, 0.29) is 0 Å². The lowest BCUT2D eigenvalue weighted by Crippen LogP contribution is -2.00. The summed E-state index contributed by atoms with van der Waals surface area (Å²) in [6, 6.07) is 0. The average Bonchev–Trinajstić information content (AvgIpc) is 1.71. The molecule has 1 atom stereocenters. The van der Waals surface area contributed by atoms with E-state index in [9.17, 15) is 0 Å². The Morgan fingerprint density at radius 1 is 1.12 bits per heavy atom. The quantitative estimate of drug-likeness (QED) is 0.447. The summed E-state index contributed by atoms with van der Waals surface area (Å²) in [5.74, 6) is 0. The van der Waals surface area contributed by atoms with Crippen molar-refractivity contribution < 1.29 is 0 Å². The van der Waals surface area contributed by atoms with Crippen molar-refractivity contribution in [1.82, 2.24) is 0 Å². The SMILES string of the molecule is CCC(C)(C)C.CP. The normalized spacial score (nSPS) is 9.75. The Morgan fingerprint density at radius 2 is 1.25 bits per heavy atom. The van der Waals surface area contributed by atoms with Gasteiger partial charge in [-0.3, -0.25) is 0 Å². The van der Waals surface area contributed by atoms with Crippen LogP contribution in [0, 0.1) is 5.41 Å². The molecule has 0 aliphatic heterocycles. The molecule has 0 saturated heterocycles. The van der Waals surface area contributed by atoms with Crippen LogP contribution in [0.15, 0.2) is 0 Å². The monoisotopic (exact) mass is 134 g/mol. The number of hydrogen-bond acceptors (Lipinski definition) is 0. The van der Waals surface area contributed by atoms with Gasteiger partial charge in [0.05, 0.1) is 0 Å². The Kier molecular flexibility index (Phi) is 7.83. The second-order valence-electron chi connectivity index (χ2n) is 2.91. The van der Waals surface area contributed by atoms with Gasteiger partial charge in [0, 0.05) is 0 Å². The highest BCUT2D eigenvalue weighted by atomic mass is 31.0. The maximum atomic E-state index is 2.42. The summed E-state index contributed by atoms with van der Waals surface area (Å²) in [5.41, 5.74) is 0.542. The molecule has 1 heteroatoms. The minimum atomic E-state index is 0.542. The zero-order chi connectivity index (χ0) is 7.21. The van der Waals surface area contributed by atoms with Crippen LogP contribution >= 0.6 is 9.24 Å². The average molecular weight is 134 g/mol. The third-order valence-corrected chi connectivity index (χ3v) is 1.06. The molecule has 0 aromatic heterocycles. The molecule has 0 bridgehead atoms. The molecule has 0 spiro atoms. The van der Waals surface area contributed by atoms with Crippen molar-refractivity contribution in [2.75, 3.05) is 6.66 Å². The third kappa shape index (κ3) is 16.1. The van der Waals surface area contributed by atoms with E-state index in [1.54, 1.807) is 0 Å². The van der Waals surface area contributed by atoms with Crippen LogP contribution in [-0.4, -0.2) is 6.66 Å². The standard InChI is InChI=1S/C6H14.CH5P/c1-5-6(2,3)4;1-2/h5H2,1-4H3;2H2,1H3. The van der Waals surface area contributed by atoms with E-state index >= 15 is 0 Å². The summed E-state index contributed by atoms with van der Waals surface area (Å²) in [6.07, 6.45) is 1.27. The summed E-state index contributed by atoms with van der Waals surface area (Å²) in [6.45, 7) is 10.9. The molecule has 8 heavy (non-hydrogen) atoms. The molecule has 1 unspecified atom stereocenters. The molecule has 0 aliphatic carbocycles. The molecule has 0 aromatic rings. The van der Waals surface area contributed by atoms with Gasteiger partial charge >= 0.3 is 0 Å². The molecule has 0 saturated carbocycles. The largest absolute Gasteiger partial charge is 0.141 e. The highest BCUT2D eigenvalue weighted by molar-refractivity contribution is 7.15. The Morgan fingerprint density at radius 3 is 1.25 bits per heavy atom. The van der Waals surface area contributed by atoms with Gasteiger partial charge in [-0.15, -0.1) is 9.24 Å². The highest BCUT2D eigenvalue weighted by Gasteiger charge is 2.03. The van der Waals surface area contributed by atoms with E-state index < -0.39 is 0 Å². The van der Waals surface area contributed by atoms with Gasteiger partial charge in [0.1, 0.15) is 0 Å². The zero-order valence-corrected chi connectivity index (χ0v) is 7.94. The van der Waals surface area contributed by atoms with Gasteiger partial charge in [0.2, 0.25) is 0 Å². The first-order chi connectivity index (χ1) is 3.56. The molecule has 0 amide bonds. The van der Waals surface area contributed by atoms with Crippen LogP contribution < -0.4 is 0 Å². The van der Waals surface area contributed by atoms with Crippen molar-refractivity contribution in [2.45, 2.75) is 34.1 Å². The lowest BCUT2D eigenvalue weighted by Gasteiger charge is -2.12. The van der Waals surface area contributed by atoms with Gasteiger partial charge in [-0.05, 0) is 5.41 Å². The van der Waals surface area contributed by atoms with E-state index in [0.29, 0.717) is 5.41 Å². The number of rotatable bonds is 0. The molecule has 0 radical (unpaired) electrons. The van der Waals surface area contributed by atoms with Crippen LogP contribution in [0.2, 0.25) is 0 Å². The van der Waals surface area contributed by atoms with Crippen LogP contribution in [0.1, 0.15) is 34.1 Å². The minimum Gasteiger partial charge on any atom is -0.141 e. The second kappa shape index (κ2) is 5.56. The molecule has 0 rings (SSSR count). The van der Waals surface area contributed by atoms with Gasteiger partial charge in [-0.1, -0.05) is 40.8 Å². The lowest BCUT2D eigenvalue weighted by molar-refractivity contribution is 0.398. The van der Waals surface area contributed by atoms with E-state index in [0.717, 1.165) is 0 Å². The fourth-order valence-electron chi connectivity index (χ4n) is 0. The van der Waals surface area contributed by atoms with E-state index in [1.807, 2.05) is 6.66 Å². The lowest BCUT2D eigenvalue weighted by atomic mass is 9.94. The third-order valence-electron chi connectivity index (χ3n) is 1.06. The predicted octanol–water partition coefficient (Wildman–Crippen LogP) is 2.93. The Labute approximate surface area is 56.3 Å². The van der Waals surface area contributed by atoms with Crippen LogP contribution in [-0.2, 0) is 0 Å². The van der Waals surface area contributed by atoms with Gasteiger partial charge in [-0.2, -0.15) is 0 Å². The van der Waals surface area contributed by atoms with Gasteiger partial charge in [0.25, 0.3) is 0 Å². The van der Waals surface area contributed by atoms with E-state index in [1.165, 1.54) is 6.42 Å². The van der Waals surface area contributed by atoms with Crippen molar-refractivity contribution in [3.63, 3.8) is 0 Å². The van der Waals surface area contributed by atoms with Crippen molar-refractivity contribution in [3.8, 4) is 0 Å². The smallest absolute Gasteiger partial charge is 0.0385 e. The van der Waals surface area contributed by atoms with Crippen LogP contribution in [0.5, 0.6) is 0 Å². The predicted molar refractivity (Wildman–Crippen MR) is 45.4 cm³/mol. The van der Waals surface area contributed by atoms with Crippen LogP contribution in [0.4, 0.5) is 0 Å². The second-order valence-corrected chi connectivity index (χ2v) is 2.91. The maximum Gasteiger partial charge on any atom is -0.0385 e. The molecule has 52 valence electrons. The Balaban J connectivity index is 0. The molecule has 0 nitrogen and oxygen atoms in total. The van der Waals surface area contributed by atoms with Crippen LogP contribution in [0.3, 0.4) is 0 Å². The molecular formula is C7H19P. The molecule has 0 fully saturated rings. The molecular weight excluding hydrogens is 115 g/mol. The Bertz CT molecular complexity index is 34.1. The van der Waals surface area contributed by atoms with Crippen LogP contribution in [0.25, 0.3) is 0 Å². The van der Waals surface area contributed by atoms with Gasteiger partial charge in [0.15, 0.2) is 0 Å². The van der Waals surface area contributed by atoms with Gasteiger partial charge in [-0.25, -0.2) is 0 Å². The molecule has 0 heterocycles. The van der Waals surface area contributed by atoms with Gasteiger partial charge < -0.3 is 0 Å². The topological polar surface area (TPSA) is 0 Å². The molecule has 0 aliphatic rings. The summed E-state index contributed by atoms with van der Waals surface area (Å²) >= 11 is 0. The summed E-state index contributed by atoms with van der Waals surface area (Å²) in [4.78, 5) is 0. The zero-order valence-electron chi connectivity index (χ0n) is 6.78. The Hall–Kier alpha value is 0.430. The first-order valence-electron chi connectivity index (χ1n) is 3.14. The van der Waals surface area contributed by atoms with Crippen molar-refractivity contribution >= 4 is 9.24 Å². The summed E-state index contributed by atoms with van der Waals surface area (Å²) in [7, 11) is 2.42. The van der Waals surface area contributed by atoms with E-state index in [4.69, 9.17) is 0 Å². The molecule has 0 N–H and O–H groups in total. The fraction of sp³-hybridized carbons (Fsp3) is 1.00. The van der Waals surface area contributed by atoms with E-state index in [2.05, 4.69) is 36.9 Å². The highest BCUT2D eigenvalue weighted by Crippen LogP contribution is 2.16. The van der Waals surface area contributed by atoms with Crippen molar-refractivity contribution in [3.05, 3.63) is 0 Å². The minimum absolute atomic E-state index is 0.542. The van der Waals surface area contributed by atoms with Crippen molar-refractivity contribution in [1.29, 1.82) is 0 Å². The first kappa shape index (κ1) is 11.3.